The van der Waals surface area contributed by atoms with Gasteiger partial charge in [-0.2, -0.15) is 5.26 Å². The molecule has 4 nitrogen and oxygen atoms in total. The molecule has 4 heteroatoms. The molecule has 0 aliphatic carbocycles. The molecule has 1 heterocycles. The molecule has 3 aromatic rings. The molecule has 21 heavy (non-hydrogen) atoms. The highest BCUT2D eigenvalue weighted by Crippen LogP contribution is 2.23. The number of imidazole rings is 1. The number of hydrogen-bond acceptors (Lipinski definition) is 3. The molecule has 0 spiro atoms. The predicted molar refractivity (Wildman–Crippen MR) is 83.8 cm³/mol. The third-order valence-electron chi connectivity index (χ3n) is 3.76. The quantitative estimate of drug-likeness (QED) is 0.799. The van der Waals surface area contributed by atoms with Crippen molar-refractivity contribution in [1.82, 2.24) is 9.55 Å². The molecule has 1 aromatic heterocycles. The summed E-state index contributed by atoms with van der Waals surface area (Å²) >= 11 is 0. The molecule has 0 fully saturated rings. The number of hydrogen-bond donors (Lipinski definition) is 1. The predicted octanol–water partition coefficient (Wildman–Crippen LogP) is 3.10. The molecule has 0 radical (unpaired) electrons. The third-order valence-corrected chi connectivity index (χ3v) is 3.76. The summed E-state index contributed by atoms with van der Waals surface area (Å²) < 4.78 is 1.96. The maximum absolute atomic E-state index is 9.17. The zero-order chi connectivity index (χ0) is 14.8. The van der Waals surface area contributed by atoms with E-state index in [0.717, 1.165) is 11.9 Å². The minimum absolute atomic E-state index is 0.443. The van der Waals surface area contributed by atoms with Crippen molar-refractivity contribution in [3.05, 3.63) is 59.2 Å². The number of nitrogens with two attached hydrogens (primary N) is 1. The van der Waals surface area contributed by atoms with Crippen LogP contribution in [0.5, 0.6) is 0 Å². The van der Waals surface area contributed by atoms with Crippen LogP contribution in [0.4, 0.5) is 5.95 Å². The van der Waals surface area contributed by atoms with Crippen LogP contribution < -0.4 is 5.73 Å². The van der Waals surface area contributed by atoms with E-state index in [2.05, 4.69) is 30.1 Å². The van der Waals surface area contributed by atoms with E-state index < -0.39 is 0 Å². The molecule has 3 rings (SSSR count). The second-order valence-corrected chi connectivity index (χ2v) is 4.96. The molecule has 0 unspecified atom stereocenters. The van der Waals surface area contributed by atoms with Gasteiger partial charge in [-0.15, -0.1) is 0 Å². The van der Waals surface area contributed by atoms with Gasteiger partial charge in [-0.25, -0.2) is 4.98 Å². The molecular formula is C17H16N4. The lowest BCUT2D eigenvalue weighted by Gasteiger charge is -2.10. The van der Waals surface area contributed by atoms with Gasteiger partial charge in [-0.1, -0.05) is 37.3 Å². The number of fused-ring (bicyclic) bond motifs is 1. The maximum Gasteiger partial charge on any atom is 0.201 e. The van der Waals surface area contributed by atoms with Crippen molar-refractivity contribution >= 4 is 17.0 Å². The molecule has 104 valence electrons. The highest BCUT2D eigenvalue weighted by Gasteiger charge is 2.12. The van der Waals surface area contributed by atoms with Crippen LogP contribution in [0.25, 0.3) is 11.0 Å². The van der Waals surface area contributed by atoms with Gasteiger partial charge >= 0.3 is 0 Å². The van der Waals surface area contributed by atoms with Gasteiger partial charge in [0, 0.05) is 0 Å². The van der Waals surface area contributed by atoms with Crippen LogP contribution in [-0.4, -0.2) is 9.55 Å². The van der Waals surface area contributed by atoms with Gasteiger partial charge in [0.2, 0.25) is 5.95 Å². The Balaban J connectivity index is 2.13. The van der Waals surface area contributed by atoms with E-state index in [9.17, 15) is 0 Å². The average molecular weight is 276 g/mol. The zero-order valence-electron chi connectivity index (χ0n) is 11.9. The van der Waals surface area contributed by atoms with Gasteiger partial charge in [-0.3, -0.25) is 0 Å². The first kappa shape index (κ1) is 13.2. The third kappa shape index (κ3) is 2.23. The van der Waals surface area contributed by atoms with E-state index in [4.69, 9.17) is 11.0 Å². The molecule has 0 amide bonds. The van der Waals surface area contributed by atoms with E-state index in [1.165, 1.54) is 11.1 Å². The fourth-order valence-corrected chi connectivity index (χ4v) is 2.65. The number of aromatic nitrogens is 2. The smallest absolute Gasteiger partial charge is 0.201 e. The molecule has 0 atom stereocenters. The monoisotopic (exact) mass is 276 g/mol. The summed E-state index contributed by atoms with van der Waals surface area (Å²) in [6.07, 6.45) is 0.978. The number of benzene rings is 2. The first-order valence-corrected chi connectivity index (χ1v) is 6.96. The number of nitrogen functional groups attached to an aromatic ring is 1. The SMILES string of the molecule is CCc1ccccc1Cn1c(N)nc2c(C#N)cccc21. The Labute approximate surface area is 123 Å². The number of para-hydroxylation sites is 1. The second-order valence-electron chi connectivity index (χ2n) is 4.96. The van der Waals surface area contributed by atoms with Crippen LogP contribution >= 0.6 is 0 Å². The summed E-state index contributed by atoms with van der Waals surface area (Å²) in [5.41, 5.74) is 10.7. The Hall–Kier alpha value is -2.80. The van der Waals surface area contributed by atoms with Crippen LogP contribution in [0.3, 0.4) is 0 Å². The van der Waals surface area contributed by atoms with Crippen LogP contribution in [0.2, 0.25) is 0 Å². The summed E-state index contributed by atoms with van der Waals surface area (Å²) in [5.74, 6) is 0.443. The highest BCUT2D eigenvalue weighted by molar-refractivity contribution is 5.84. The van der Waals surface area contributed by atoms with Gasteiger partial charge in [0.25, 0.3) is 0 Å². The topological polar surface area (TPSA) is 67.6 Å². The molecule has 0 bridgehead atoms. The van der Waals surface area contributed by atoms with Gasteiger partial charge in [-0.05, 0) is 29.7 Å². The maximum atomic E-state index is 9.17. The van der Waals surface area contributed by atoms with Crippen molar-refractivity contribution in [3.63, 3.8) is 0 Å². The molecule has 0 saturated heterocycles. The Morgan fingerprint density at radius 1 is 1.14 bits per heavy atom. The number of aryl methyl sites for hydroxylation is 1. The standard InChI is InChI=1S/C17H16N4/c1-2-12-6-3-4-7-14(12)11-21-15-9-5-8-13(10-18)16(15)20-17(21)19/h3-9H,2,11H2,1H3,(H2,19,20). The summed E-state index contributed by atoms with van der Waals surface area (Å²) in [6.45, 7) is 2.81. The van der Waals surface area contributed by atoms with Crippen LogP contribution in [-0.2, 0) is 13.0 Å². The summed E-state index contributed by atoms with van der Waals surface area (Å²) in [7, 11) is 0. The highest BCUT2D eigenvalue weighted by atomic mass is 15.1. The van der Waals surface area contributed by atoms with Crippen molar-refractivity contribution in [1.29, 1.82) is 5.26 Å². The normalized spacial score (nSPS) is 10.7. The second kappa shape index (κ2) is 5.29. The first-order chi connectivity index (χ1) is 10.2. The number of nitrogens with zero attached hydrogens (tertiary/aromatic N) is 3. The lowest BCUT2D eigenvalue weighted by Crippen LogP contribution is -2.06. The molecule has 0 aliphatic heterocycles. The van der Waals surface area contributed by atoms with E-state index in [1.807, 2.05) is 28.8 Å². The van der Waals surface area contributed by atoms with Crippen molar-refractivity contribution < 1.29 is 0 Å². The van der Waals surface area contributed by atoms with E-state index in [1.54, 1.807) is 6.07 Å². The van der Waals surface area contributed by atoms with Crippen molar-refractivity contribution in [3.8, 4) is 6.07 Å². The summed E-state index contributed by atoms with van der Waals surface area (Å²) in [4.78, 5) is 4.35. The minimum Gasteiger partial charge on any atom is -0.369 e. The Kier molecular flexibility index (Phi) is 3.33. The van der Waals surface area contributed by atoms with Gasteiger partial charge < -0.3 is 10.3 Å². The first-order valence-electron chi connectivity index (χ1n) is 6.96. The van der Waals surface area contributed by atoms with E-state index in [0.29, 0.717) is 23.6 Å². The van der Waals surface area contributed by atoms with Crippen LogP contribution in [0.15, 0.2) is 42.5 Å². The number of nitriles is 1. The summed E-state index contributed by atoms with van der Waals surface area (Å²) in [5, 5.41) is 9.17. The van der Waals surface area contributed by atoms with E-state index >= 15 is 0 Å². The van der Waals surface area contributed by atoms with Gasteiger partial charge in [0.15, 0.2) is 0 Å². The lowest BCUT2D eigenvalue weighted by molar-refractivity contribution is 0.825. The lowest BCUT2D eigenvalue weighted by atomic mass is 10.1. The van der Waals surface area contributed by atoms with Crippen molar-refractivity contribution in [2.75, 3.05) is 5.73 Å². The number of anilines is 1. The van der Waals surface area contributed by atoms with Crippen molar-refractivity contribution in [2.24, 2.45) is 0 Å². The molecular weight excluding hydrogens is 260 g/mol. The molecule has 2 N–H and O–H groups in total. The Morgan fingerprint density at radius 2 is 1.90 bits per heavy atom. The Morgan fingerprint density at radius 3 is 2.62 bits per heavy atom. The van der Waals surface area contributed by atoms with E-state index in [-0.39, 0.29) is 0 Å². The van der Waals surface area contributed by atoms with Gasteiger partial charge in [0.1, 0.15) is 11.6 Å². The minimum atomic E-state index is 0.443. The molecule has 2 aromatic carbocycles. The van der Waals surface area contributed by atoms with Gasteiger partial charge in [0.05, 0.1) is 17.6 Å². The fourth-order valence-electron chi connectivity index (χ4n) is 2.65. The number of rotatable bonds is 3. The Bertz CT molecular complexity index is 840. The largest absolute Gasteiger partial charge is 0.369 e. The van der Waals surface area contributed by atoms with Crippen molar-refractivity contribution in [2.45, 2.75) is 19.9 Å². The van der Waals surface area contributed by atoms with Crippen LogP contribution in [0.1, 0.15) is 23.6 Å². The zero-order valence-corrected chi connectivity index (χ0v) is 11.9. The average Bonchev–Trinajstić information content (AvgIpc) is 2.84. The molecule has 0 saturated carbocycles. The fraction of sp³-hybridized carbons (Fsp3) is 0.176. The van der Waals surface area contributed by atoms with Crippen LogP contribution in [0, 0.1) is 11.3 Å². The molecule has 0 aliphatic rings. The summed E-state index contributed by atoms with van der Waals surface area (Å²) in [6, 6.07) is 16.1.